The molecule has 44 heavy (non-hydrogen) atoms. The Hall–Kier alpha value is -3.88. The van der Waals surface area contributed by atoms with Crippen LogP contribution in [0.4, 0.5) is 24.5 Å². The maximum atomic E-state index is 14.0. The lowest BCUT2D eigenvalue weighted by atomic mass is 9.83. The molecule has 3 atom stereocenters. The van der Waals surface area contributed by atoms with Crippen LogP contribution in [0.2, 0.25) is 0 Å². The molecule has 3 aromatic carbocycles. The van der Waals surface area contributed by atoms with Gasteiger partial charge in [0.25, 0.3) is 0 Å². The molecule has 0 spiro atoms. The van der Waals surface area contributed by atoms with Gasteiger partial charge in [-0.15, -0.1) is 0 Å². The van der Waals surface area contributed by atoms with Gasteiger partial charge >= 0.3 is 11.0 Å². The summed E-state index contributed by atoms with van der Waals surface area (Å²) in [6, 6.07) is 18.2. The summed E-state index contributed by atoms with van der Waals surface area (Å²) in [5, 5.41) is 1.67. The van der Waals surface area contributed by atoms with E-state index in [9.17, 15) is 32.3 Å². The molecule has 0 unspecified atom stereocenters. The molecule has 0 aliphatic carbocycles. The van der Waals surface area contributed by atoms with E-state index in [2.05, 4.69) is 21.2 Å². The molecule has 6 rings (SSSR count). The van der Waals surface area contributed by atoms with Gasteiger partial charge < -0.3 is 10.1 Å². The maximum Gasteiger partial charge on any atom is 0.418 e. The van der Waals surface area contributed by atoms with Gasteiger partial charge in [0.1, 0.15) is 17.5 Å². The van der Waals surface area contributed by atoms with Crippen molar-refractivity contribution in [3.8, 4) is 5.75 Å². The second-order valence-corrected chi connectivity index (χ2v) is 13.1. The molecule has 1 fully saturated rings. The third-order valence-electron chi connectivity index (χ3n) is 7.42. The van der Waals surface area contributed by atoms with Crippen molar-refractivity contribution < 1.29 is 32.3 Å². The van der Waals surface area contributed by atoms with Crippen LogP contribution in [-0.4, -0.2) is 34.6 Å². The van der Waals surface area contributed by atoms with E-state index in [-0.39, 0.29) is 0 Å². The zero-order valence-electron chi connectivity index (χ0n) is 22.6. The lowest BCUT2D eigenvalue weighted by molar-refractivity contribution is -0.137. The van der Waals surface area contributed by atoms with Gasteiger partial charge in [-0.3, -0.25) is 23.7 Å². The smallest absolute Gasteiger partial charge is 0.418 e. The lowest BCUT2D eigenvalue weighted by Crippen LogP contribution is -2.33. The Balaban J connectivity index is 1.40. The second kappa shape index (κ2) is 11.6. The van der Waals surface area contributed by atoms with E-state index < -0.39 is 63.7 Å². The fourth-order valence-electron chi connectivity index (χ4n) is 5.44. The molecule has 2 aliphatic rings. The van der Waals surface area contributed by atoms with Crippen LogP contribution in [0, 0.1) is 5.92 Å². The van der Waals surface area contributed by atoms with E-state index in [0.29, 0.717) is 26.9 Å². The van der Waals surface area contributed by atoms with Crippen molar-refractivity contribution in [2.75, 3.05) is 17.3 Å². The Bertz CT molecular complexity index is 1840. The van der Waals surface area contributed by atoms with Crippen LogP contribution in [0.15, 0.2) is 87.1 Å². The van der Waals surface area contributed by atoms with Crippen molar-refractivity contribution in [2.24, 2.45) is 5.92 Å². The van der Waals surface area contributed by atoms with Crippen molar-refractivity contribution in [3.63, 3.8) is 0 Å². The number of rotatable bonds is 6. The molecule has 14 heteroatoms. The number of amides is 3. The molecular formula is C30H21BrF3N3O5S2. The topological polar surface area (TPSA) is 97.7 Å². The number of fused-ring (bicyclic) bond motifs is 2. The number of nitrogens with one attached hydrogen (secondary N) is 1. The highest BCUT2D eigenvalue weighted by atomic mass is 79.9. The number of ether oxygens (including phenoxy) is 1. The monoisotopic (exact) mass is 703 g/mol. The molecule has 2 aliphatic heterocycles. The summed E-state index contributed by atoms with van der Waals surface area (Å²) >= 11 is 5.22. The highest BCUT2D eigenvalue weighted by Gasteiger charge is 2.56. The number of methoxy groups -OCH3 is 1. The number of carbonyl (C=O) groups is 3. The zero-order valence-corrected chi connectivity index (χ0v) is 25.9. The summed E-state index contributed by atoms with van der Waals surface area (Å²) in [4.78, 5) is 55.2. The van der Waals surface area contributed by atoms with Crippen molar-refractivity contribution in [1.82, 2.24) is 4.57 Å². The second-order valence-electron chi connectivity index (χ2n) is 10.0. The third kappa shape index (κ3) is 5.35. The molecular weight excluding hydrogens is 683 g/mol. The van der Waals surface area contributed by atoms with E-state index in [1.807, 2.05) is 0 Å². The van der Waals surface area contributed by atoms with Crippen LogP contribution < -0.4 is 19.8 Å². The molecule has 1 N–H and O–H groups in total. The first kappa shape index (κ1) is 30.2. The van der Waals surface area contributed by atoms with Gasteiger partial charge in [-0.2, -0.15) is 13.2 Å². The van der Waals surface area contributed by atoms with Gasteiger partial charge in [0, 0.05) is 15.3 Å². The number of anilines is 2. The Morgan fingerprint density at radius 1 is 0.977 bits per heavy atom. The molecule has 4 aromatic rings. The Labute approximate surface area is 265 Å². The number of hydrogen-bond donors (Lipinski definition) is 1. The Morgan fingerprint density at radius 3 is 2.32 bits per heavy atom. The highest BCUT2D eigenvalue weighted by molar-refractivity contribution is 9.10. The average Bonchev–Trinajstić information content (AvgIpc) is 3.43. The maximum absolute atomic E-state index is 14.0. The quantitative estimate of drug-likeness (QED) is 0.243. The number of para-hydroxylation sites is 1. The fourth-order valence-corrected chi connectivity index (χ4v) is 8.48. The van der Waals surface area contributed by atoms with Crippen molar-refractivity contribution >= 4 is 68.1 Å². The Kier molecular flexibility index (Phi) is 7.92. The summed E-state index contributed by atoms with van der Waals surface area (Å²) in [7, 11) is 1.51. The first-order valence-corrected chi connectivity index (χ1v) is 15.6. The summed E-state index contributed by atoms with van der Waals surface area (Å²) in [5.41, 5.74) is -0.395. The number of thiazole rings is 1. The number of hydrogen-bond acceptors (Lipinski definition) is 7. The van der Waals surface area contributed by atoms with Crippen LogP contribution in [0.3, 0.4) is 0 Å². The summed E-state index contributed by atoms with van der Waals surface area (Å²) in [6.07, 6.45) is -4.70. The fraction of sp³-hybridized carbons (Fsp3) is 0.200. The van der Waals surface area contributed by atoms with Gasteiger partial charge in [0.15, 0.2) is 0 Å². The SMILES string of the molecule is COc1ccc([C@@H]2c3sc(=O)n(CC(=O)Nc4ccccc4C(F)(F)F)c3S[C@H]3C(=O)N(c4ccc(Br)cc4)C(=O)[C@@H]23)cc1. The largest absolute Gasteiger partial charge is 0.497 e. The van der Waals surface area contributed by atoms with Gasteiger partial charge in [-0.1, -0.05) is 63.3 Å². The molecule has 0 bridgehead atoms. The zero-order chi connectivity index (χ0) is 31.3. The van der Waals surface area contributed by atoms with E-state index in [4.69, 9.17) is 4.74 Å². The molecule has 1 aromatic heterocycles. The molecule has 1 saturated heterocycles. The van der Waals surface area contributed by atoms with Crippen LogP contribution >= 0.6 is 39.0 Å². The van der Waals surface area contributed by atoms with Crippen LogP contribution in [0.25, 0.3) is 0 Å². The predicted molar refractivity (Wildman–Crippen MR) is 163 cm³/mol. The van der Waals surface area contributed by atoms with Gasteiger partial charge in [0.05, 0.1) is 35.0 Å². The minimum absolute atomic E-state index is 0.320. The first-order chi connectivity index (χ1) is 21.0. The van der Waals surface area contributed by atoms with Gasteiger partial charge in [-0.25, -0.2) is 4.90 Å². The highest BCUT2D eigenvalue weighted by Crippen LogP contribution is 2.54. The van der Waals surface area contributed by atoms with E-state index >= 15 is 0 Å². The van der Waals surface area contributed by atoms with Crippen LogP contribution in [0.1, 0.15) is 21.9 Å². The van der Waals surface area contributed by atoms with Crippen molar-refractivity contribution in [2.45, 2.75) is 28.9 Å². The van der Waals surface area contributed by atoms with Crippen molar-refractivity contribution in [3.05, 3.63) is 103 Å². The number of imide groups is 1. The lowest BCUT2D eigenvalue weighted by Gasteiger charge is -2.30. The predicted octanol–water partition coefficient (Wildman–Crippen LogP) is 6.13. The molecule has 0 saturated carbocycles. The number of alkyl halides is 3. The summed E-state index contributed by atoms with van der Waals surface area (Å²) in [5.74, 6) is -2.72. The number of thioether (sulfide) groups is 1. The van der Waals surface area contributed by atoms with Crippen LogP contribution in [0.5, 0.6) is 5.75 Å². The Morgan fingerprint density at radius 2 is 1.66 bits per heavy atom. The van der Waals surface area contributed by atoms with Crippen molar-refractivity contribution in [1.29, 1.82) is 0 Å². The molecule has 0 radical (unpaired) electrons. The van der Waals surface area contributed by atoms with Gasteiger partial charge in [0.2, 0.25) is 17.7 Å². The molecule has 3 heterocycles. The minimum atomic E-state index is -4.70. The van der Waals surface area contributed by atoms with E-state index in [1.165, 1.54) is 19.2 Å². The summed E-state index contributed by atoms with van der Waals surface area (Å²) < 4.78 is 47.7. The third-order valence-corrected chi connectivity index (χ3v) is 10.5. The molecule has 3 amide bonds. The summed E-state index contributed by atoms with van der Waals surface area (Å²) in [6.45, 7) is -0.588. The standard InChI is InChI=1S/C30H21BrF3N3O5S2/c1-42-18-12-6-15(7-13-18)22-23-24(27(40)37(26(23)39)17-10-8-16(31)9-11-17)43-28-25(22)44-29(41)36(28)14-21(38)35-20-5-3-2-4-19(20)30(32,33)34/h2-13,22-24H,14H2,1H3,(H,35,38)/t22-,23-,24+/m0/s1. The number of carbonyl (C=O) groups excluding carboxylic acids is 3. The number of nitrogens with zero attached hydrogens (tertiary/aromatic N) is 2. The van der Waals surface area contributed by atoms with E-state index in [1.54, 1.807) is 48.5 Å². The number of aromatic nitrogens is 1. The average molecular weight is 705 g/mol. The molecule has 226 valence electrons. The first-order valence-electron chi connectivity index (χ1n) is 13.1. The van der Waals surface area contributed by atoms with E-state index in [0.717, 1.165) is 49.2 Å². The molecule has 8 nitrogen and oxygen atoms in total. The van der Waals surface area contributed by atoms with Gasteiger partial charge in [-0.05, 0) is 54.1 Å². The minimum Gasteiger partial charge on any atom is -0.497 e. The van der Waals surface area contributed by atoms with Crippen LogP contribution in [-0.2, 0) is 27.1 Å². The number of halogens is 4. The number of benzene rings is 3. The normalized spacial score (nSPS) is 19.5.